The van der Waals surface area contributed by atoms with Gasteiger partial charge in [-0.15, -0.1) is 0 Å². The molecule has 0 aliphatic heterocycles. The predicted molar refractivity (Wildman–Crippen MR) is 135 cm³/mol. The summed E-state index contributed by atoms with van der Waals surface area (Å²) in [6, 6.07) is 12.6. The van der Waals surface area contributed by atoms with Crippen molar-refractivity contribution in [3.63, 3.8) is 0 Å². The lowest BCUT2D eigenvalue weighted by Gasteiger charge is -2.28. The summed E-state index contributed by atoms with van der Waals surface area (Å²) < 4.78 is 46.2. The Kier molecular flexibility index (Phi) is 11.3. The molecule has 36 heavy (non-hydrogen) atoms. The normalized spacial score (nSPS) is 12.1. The summed E-state index contributed by atoms with van der Waals surface area (Å²) >= 11 is 0. The van der Waals surface area contributed by atoms with Crippen molar-refractivity contribution in [2.75, 3.05) is 34.5 Å². The van der Waals surface area contributed by atoms with Crippen LogP contribution in [-0.4, -0.2) is 65.9 Å². The molecule has 196 valence electrons. The Morgan fingerprint density at radius 2 is 1.69 bits per heavy atom. The van der Waals surface area contributed by atoms with E-state index in [-0.39, 0.29) is 30.9 Å². The van der Waals surface area contributed by atoms with Crippen LogP contribution < -0.4 is 9.47 Å². The summed E-state index contributed by atoms with van der Waals surface area (Å²) in [7, 11) is 0.564. The molecule has 0 saturated heterocycles. The van der Waals surface area contributed by atoms with E-state index in [9.17, 15) is 18.0 Å². The minimum absolute atomic E-state index is 0.00190. The summed E-state index contributed by atoms with van der Waals surface area (Å²) in [4.78, 5) is 26.3. The Bertz CT molecular complexity index is 1130. The summed E-state index contributed by atoms with van der Waals surface area (Å²) in [5.74, 6) is 0.686. The number of benzene rings is 2. The summed E-state index contributed by atoms with van der Waals surface area (Å²) in [5.41, 5.74) is 0.867. The van der Waals surface area contributed by atoms with Gasteiger partial charge in [-0.2, -0.15) is 0 Å². The predicted octanol–water partition coefficient (Wildman–Crippen LogP) is 4.01. The molecule has 0 aliphatic rings. The quantitative estimate of drug-likeness (QED) is 0.365. The van der Waals surface area contributed by atoms with Gasteiger partial charge in [-0.05, 0) is 49.6 Å². The van der Waals surface area contributed by atoms with Crippen LogP contribution in [0.25, 0.3) is 0 Å². The number of hydrogen-bond donors (Lipinski definition) is 0. The maximum atomic E-state index is 12.8. The Labute approximate surface area is 212 Å². The Morgan fingerprint density at radius 3 is 2.31 bits per heavy atom. The van der Waals surface area contributed by atoms with Gasteiger partial charge in [-0.3, -0.25) is 4.79 Å². The molecule has 0 bridgehead atoms. The van der Waals surface area contributed by atoms with Crippen LogP contribution >= 0.6 is 0 Å². The molecule has 1 amide bonds. The lowest BCUT2D eigenvalue weighted by atomic mass is 10.1. The van der Waals surface area contributed by atoms with E-state index in [4.69, 9.17) is 18.9 Å². The first-order chi connectivity index (χ1) is 17.2. The zero-order valence-electron chi connectivity index (χ0n) is 21.0. The van der Waals surface area contributed by atoms with Crippen molar-refractivity contribution in [3.8, 4) is 11.5 Å². The number of nitrogens with zero attached hydrogens (tertiary/aromatic N) is 1. The first kappa shape index (κ1) is 28.7. The van der Waals surface area contributed by atoms with Gasteiger partial charge in [0.05, 0.1) is 38.9 Å². The van der Waals surface area contributed by atoms with E-state index in [0.29, 0.717) is 17.9 Å². The van der Waals surface area contributed by atoms with Gasteiger partial charge >= 0.3 is 12.1 Å². The van der Waals surface area contributed by atoms with E-state index >= 15 is 0 Å². The number of carbonyl (C=O) groups is 2. The molecule has 9 nitrogen and oxygen atoms in total. The number of hydrogen-bond acceptors (Lipinski definition) is 8. The largest absolute Gasteiger partial charge is 0.493 e. The number of esters is 1. The van der Waals surface area contributed by atoms with Gasteiger partial charge in [0.2, 0.25) is 0 Å². The van der Waals surface area contributed by atoms with Crippen molar-refractivity contribution < 1.29 is 37.0 Å². The van der Waals surface area contributed by atoms with Crippen molar-refractivity contribution in [2.24, 2.45) is 0 Å². The smallest absolute Gasteiger partial charge is 0.409 e. The second-order valence-electron chi connectivity index (χ2n) is 7.70. The molecule has 0 heterocycles. The van der Waals surface area contributed by atoms with E-state index < -0.39 is 27.9 Å². The third-order valence-corrected chi connectivity index (χ3v) is 6.84. The van der Waals surface area contributed by atoms with Crippen molar-refractivity contribution in [2.45, 2.75) is 37.1 Å². The average molecular weight is 520 g/mol. The van der Waals surface area contributed by atoms with Gasteiger partial charge in [0.1, 0.15) is 0 Å². The lowest BCUT2D eigenvalue weighted by Crippen LogP contribution is -2.41. The van der Waals surface area contributed by atoms with Gasteiger partial charge in [-0.1, -0.05) is 30.3 Å². The molecule has 2 aromatic rings. The van der Waals surface area contributed by atoms with E-state index in [1.165, 1.54) is 37.3 Å². The molecule has 0 aliphatic carbocycles. The van der Waals surface area contributed by atoms with Gasteiger partial charge in [0.25, 0.3) is 0 Å². The second-order valence-corrected chi connectivity index (χ2v) is 9.53. The van der Waals surface area contributed by atoms with Crippen LogP contribution in [0, 0.1) is 0 Å². The average Bonchev–Trinajstić information content (AvgIpc) is 2.89. The first-order valence-electron chi connectivity index (χ1n) is 11.4. The standard InChI is InChI=1S/C26H33NO8S/c1-5-35-25(28)14-12-21(16-18-36(30,31)22-9-7-6-8-10-22)27(26(29)34-4)17-15-20-11-13-23(32-2)24(19-20)33-3/h6-11,13,16,18-19,21H,5,12,14-15,17H2,1-4H3/b18-16+. The van der Waals surface area contributed by atoms with E-state index in [1.807, 2.05) is 6.07 Å². The maximum Gasteiger partial charge on any atom is 0.409 e. The van der Waals surface area contributed by atoms with Crippen LogP contribution in [0.4, 0.5) is 4.79 Å². The SMILES string of the molecule is CCOC(=O)CCC(/C=C/S(=O)(=O)c1ccccc1)N(CCc1ccc(OC)c(OC)c1)C(=O)OC. The molecule has 1 atom stereocenters. The monoisotopic (exact) mass is 519 g/mol. The van der Waals surface area contributed by atoms with Crippen LogP contribution in [0.5, 0.6) is 11.5 Å². The van der Waals surface area contributed by atoms with Gasteiger partial charge in [-0.25, -0.2) is 13.2 Å². The molecule has 0 fully saturated rings. The minimum Gasteiger partial charge on any atom is -0.493 e. The van der Waals surface area contributed by atoms with E-state index in [1.54, 1.807) is 44.4 Å². The number of ether oxygens (including phenoxy) is 4. The van der Waals surface area contributed by atoms with Gasteiger partial charge in [0.15, 0.2) is 21.3 Å². The topological polar surface area (TPSA) is 108 Å². The van der Waals surface area contributed by atoms with Crippen LogP contribution in [0.15, 0.2) is 64.9 Å². The van der Waals surface area contributed by atoms with Crippen molar-refractivity contribution in [3.05, 3.63) is 65.6 Å². The van der Waals surface area contributed by atoms with Crippen LogP contribution in [-0.2, 0) is 30.5 Å². The van der Waals surface area contributed by atoms with Crippen molar-refractivity contribution in [1.82, 2.24) is 4.90 Å². The third kappa shape index (κ3) is 8.30. The molecule has 2 aromatic carbocycles. The fourth-order valence-electron chi connectivity index (χ4n) is 3.53. The number of methoxy groups -OCH3 is 3. The van der Waals surface area contributed by atoms with E-state index in [2.05, 4.69) is 0 Å². The highest BCUT2D eigenvalue weighted by molar-refractivity contribution is 7.94. The molecule has 0 radical (unpaired) electrons. The molecular weight excluding hydrogens is 486 g/mol. The number of rotatable bonds is 13. The molecule has 0 saturated carbocycles. The highest BCUT2D eigenvalue weighted by Crippen LogP contribution is 2.28. The van der Waals surface area contributed by atoms with Crippen LogP contribution in [0.3, 0.4) is 0 Å². The second kappa shape index (κ2) is 14.1. The van der Waals surface area contributed by atoms with Crippen molar-refractivity contribution >= 4 is 21.9 Å². The molecule has 2 rings (SSSR count). The number of carbonyl (C=O) groups excluding carboxylic acids is 2. The van der Waals surface area contributed by atoms with Crippen molar-refractivity contribution in [1.29, 1.82) is 0 Å². The molecule has 0 spiro atoms. The Balaban J connectivity index is 2.32. The maximum absolute atomic E-state index is 12.8. The molecule has 0 N–H and O–H groups in total. The first-order valence-corrected chi connectivity index (χ1v) is 13.0. The summed E-state index contributed by atoms with van der Waals surface area (Å²) in [6.07, 6.45) is 1.34. The number of amides is 1. The van der Waals surface area contributed by atoms with Crippen LogP contribution in [0.2, 0.25) is 0 Å². The Morgan fingerprint density at radius 1 is 1.00 bits per heavy atom. The summed E-state index contributed by atoms with van der Waals surface area (Å²) in [6.45, 7) is 2.12. The van der Waals surface area contributed by atoms with Gasteiger partial charge < -0.3 is 23.8 Å². The lowest BCUT2D eigenvalue weighted by molar-refractivity contribution is -0.143. The highest BCUT2D eigenvalue weighted by Gasteiger charge is 2.24. The van der Waals surface area contributed by atoms with Gasteiger partial charge in [0, 0.05) is 18.4 Å². The molecule has 1 unspecified atom stereocenters. The zero-order chi connectivity index (χ0) is 26.6. The molecule has 0 aromatic heterocycles. The fourth-order valence-corrected chi connectivity index (χ4v) is 4.62. The van der Waals surface area contributed by atoms with E-state index in [0.717, 1.165) is 11.0 Å². The third-order valence-electron chi connectivity index (χ3n) is 5.40. The number of sulfone groups is 1. The minimum atomic E-state index is -3.76. The Hall–Kier alpha value is -3.53. The zero-order valence-corrected chi connectivity index (χ0v) is 21.8. The highest BCUT2D eigenvalue weighted by atomic mass is 32.2. The molecule has 10 heteroatoms. The van der Waals surface area contributed by atoms with Crippen LogP contribution in [0.1, 0.15) is 25.3 Å². The fraction of sp³-hybridized carbons (Fsp3) is 0.385. The molecular formula is C26H33NO8S. The summed E-state index contributed by atoms with van der Waals surface area (Å²) in [5, 5.41) is 1.06.